The van der Waals surface area contributed by atoms with Gasteiger partial charge < -0.3 is 13.8 Å². The number of aromatic nitrogens is 2. The molecule has 262 valence electrons. The van der Waals surface area contributed by atoms with Gasteiger partial charge >= 0.3 is 0 Å². The minimum Gasteiger partial charge on any atom is -1.00 e. The first-order valence-electron chi connectivity index (χ1n) is 19.7. The molecule has 2 rings (SSSR count). The lowest BCUT2D eigenvalue weighted by molar-refractivity contribution is -0.697. The minimum atomic E-state index is 0. The van der Waals surface area contributed by atoms with E-state index in [0.29, 0.717) is 0 Å². The molecule has 0 aromatic carbocycles. The number of aryl methyl sites for hydroxylation is 2. The molecule has 0 atom stereocenters. The predicted molar refractivity (Wildman–Crippen MR) is 195 cm³/mol. The Labute approximate surface area is 290 Å². The highest BCUT2D eigenvalue weighted by atomic mass is 35.5. The second-order valence-electron chi connectivity index (χ2n) is 13.4. The summed E-state index contributed by atoms with van der Waals surface area (Å²) in [6, 6.07) is 12.6. The van der Waals surface area contributed by atoms with Crippen LogP contribution in [0, 0.1) is 0 Å². The Hall–Kier alpha value is -1.41. The lowest BCUT2D eigenvalue weighted by atomic mass is 10.0. The third-order valence-electron chi connectivity index (χ3n) is 9.09. The second kappa shape index (κ2) is 37.1. The molecule has 2 aromatic rings. The lowest BCUT2D eigenvalue weighted by Crippen LogP contribution is -3.00. The Morgan fingerprint density at radius 1 is 0.289 bits per heavy atom. The van der Waals surface area contributed by atoms with E-state index in [2.05, 4.69) is 84.2 Å². The van der Waals surface area contributed by atoms with E-state index in [1.807, 2.05) is 0 Å². The number of rotatable bonds is 30. The molecule has 0 spiro atoms. The zero-order valence-corrected chi connectivity index (χ0v) is 31.0. The fourth-order valence-electron chi connectivity index (χ4n) is 6.14. The van der Waals surface area contributed by atoms with Crippen molar-refractivity contribution >= 4 is 0 Å². The largest absolute Gasteiger partial charge is 1.00 e. The molecule has 0 unspecified atom stereocenters. The van der Waals surface area contributed by atoms with Crippen molar-refractivity contribution in [3.05, 3.63) is 61.2 Å². The number of hydrogen-bond acceptors (Lipinski definition) is 0. The van der Waals surface area contributed by atoms with E-state index < -0.39 is 0 Å². The standard InChI is InChI=1S/2C21H38N.ClH.H/c2*1-2-3-4-5-6-7-8-9-10-11-12-13-14-16-19-22-20-17-15-18-21-22;;/h2*15,17-18,20-21H,2-14,16,19H2,1H3;1H;/q2*+1;;-1/p-1. The average Bonchev–Trinajstić information content (AvgIpc) is 3.06. The molecule has 2 nitrogen and oxygen atoms in total. The second-order valence-corrected chi connectivity index (χ2v) is 13.4. The van der Waals surface area contributed by atoms with Crippen molar-refractivity contribution in [1.29, 1.82) is 0 Å². The van der Waals surface area contributed by atoms with Crippen molar-refractivity contribution in [2.75, 3.05) is 0 Å². The maximum Gasteiger partial charge on any atom is 0.168 e. The Morgan fingerprint density at radius 2 is 0.489 bits per heavy atom. The molecule has 0 aliphatic carbocycles. The van der Waals surface area contributed by atoms with Crippen LogP contribution in [0.15, 0.2) is 61.2 Å². The quantitative estimate of drug-likeness (QED) is 0.0590. The molecule has 0 fully saturated rings. The van der Waals surface area contributed by atoms with Gasteiger partial charge in [-0.3, -0.25) is 0 Å². The van der Waals surface area contributed by atoms with Crippen LogP contribution in [0.1, 0.15) is 195 Å². The highest BCUT2D eigenvalue weighted by molar-refractivity contribution is 4.84. The Bertz CT molecular complexity index is 721. The third-order valence-corrected chi connectivity index (χ3v) is 9.09. The predicted octanol–water partition coefficient (Wildman–Crippen LogP) is 10.0. The van der Waals surface area contributed by atoms with Crippen molar-refractivity contribution in [3.63, 3.8) is 0 Å². The number of unbranched alkanes of at least 4 members (excludes halogenated alkanes) is 26. The van der Waals surface area contributed by atoms with Crippen LogP contribution < -0.4 is 21.5 Å². The Balaban J connectivity index is 0. The molecule has 0 N–H and O–H groups in total. The van der Waals surface area contributed by atoms with Gasteiger partial charge in [0.2, 0.25) is 0 Å². The summed E-state index contributed by atoms with van der Waals surface area (Å²) >= 11 is 0. The fourth-order valence-corrected chi connectivity index (χ4v) is 6.14. The molecule has 0 aliphatic heterocycles. The maximum atomic E-state index is 2.29. The fraction of sp³-hybridized carbons (Fsp3) is 0.762. The van der Waals surface area contributed by atoms with Crippen LogP contribution >= 0.6 is 0 Å². The van der Waals surface area contributed by atoms with Crippen LogP contribution in [-0.4, -0.2) is 0 Å². The van der Waals surface area contributed by atoms with Gasteiger partial charge in [0.05, 0.1) is 0 Å². The topological polar surface area (TPSA) is 7.76 Å². The summed E-state index contributed by atoms with van der Waals surface area (Å²) in [6.45, 7) is 6.94. The molecular weight excluding hydrogens is 568 g/mol. The third kappa shape index (κ3) is 32.3. The first-order chi connectivity index (χ1) is 21.9. The van der Waals surface area contributed by atoms with Crippen LogP contribution in [0.3, 0.4) is 0 Å². The number of hydrogen-bond donors (Lipinski definition) is 0. The molecule has 0 bridgehead atoms. The number of pyridine rings is 2. The number of halogens is 1. The zero-order valence-electron chi connectivity index (χ0n) is 31.3. The van der Waals surface area contributed by atoms with Gasteiger partial charge in [0, 0.05) is 37.1 Å². The van der Waals surface area contributed by atoms with Crippen molar-refractivity contribution in [3.8, 4) is 0 Å². The van der Waals surface area contributed by atoms with Gasteiger partial charge in [-0.2, -0.15) is 0 Å². The monoisotopic (exact) mass is 645 g/mol. The smallest absolute Gasteiger partial charge is 0.168 e. The van der Waals surface area contributed by atoms with Gasteiger partial charge in [-0.25, -0.2) is 9.13 Å². The SMILES string of the molecule is CCCCCCCCCCCCCCCC[n+]1ccccc1.CCCCCCCCCCCCCCCC[n+]1ccccc1.[Cl-].[H-]. The molecule has 2 aromatic heterocycles. The van der Waals surface area contributed by atoms with Gasteiger partial charge in [0.1, 0.15) is 13.1 Å². The van der Waals surface area contributed by atoms with Crippen LogP contribution in [0.25, 0.3) is 0 Å². The summed E-state index contributed by atoms with van der Waals surface area (Å²) in [4.78, 5) is 0. The molecule has 0 saturated heterocycles. The van der Waals surface area contributed by atoms with Crippen molar-refractivity contribution in [2.24, 2.45) is 0 Å². The molecule has 0 amide bonds. The van der Waals surface area contributed by atoms with Crippen LogP contribution in [0.4, 0.5) is 0 Å². The summed E-state index contributed by atoms with van der Waals surface area (Å²) in [7, 11) is 0. The Morgan fingerprint density at radius 3 is 0.711 bits per heavy atom. The van der Waals surface area contributed by atoms with E-state index in [1.165, 1.54) is 193 Å². The van der Waals surface area contributed by atoms with Gasteiger partial charge in [-0.1, -0.05) is 180 Å². The van der Waals surface area contributed by atoms with E-state index in [9.17, 15) is 0 Å². The van der Waals surface area contributed by atoms with E-state index in [-0.39, 0.29) is 13.8 Å². The molecule has 0 aliphatic rings. The maximum absolute atomic E-state index is 2.29. The van der Waals surface area contributed by atoms with E-state index >= 15 is 0 Å². The summed E-state index contributed by atoms with van der Waals surface area (Å²) in [5, 5.41) is 0. The molecule has 0 saturated carbocycles. The number of nitrogens with zero attached hydrogens (tertiary/aromatic N) is 2. The molecule has 2 heterocycles. The molecule has 0 radical (unpaired) electrons. The van der Waals surface area contributed by atoms with Crippen molar-refractivity contribution in [2.45, 2.75) is 207 Å². The van der Waals surface area contributed by atoms with Crippen molar-refractivity contribution < 1.29 is 23.0 Å². The average molecular weight is 646 g/mol. The van der Waals surface area contributed by atoms with E-state index in [0.717, 1.165) is 0 Å². The van der Waals surface area contributed by atoms with Gasteiger partial charge in [0.15, 0.2) is 24.8 Å². The summed E-state index contributed by atoms with van der Waals surface area (Å²) in [5.74, 6) is 0. The first-order valence-corrected chi connectivity index (χ1v) is 19.7. The summed E-state index contributed by atoms with van der Waals surface area (Å²) in [5.41, 5.74) is 0. The molecule has 3 heteroatoms. The highest BCUT2D eigenvalue weighted by Crippen LogP contribution is 2.14. The van der Waals surface area contributed by atoms with Gasteiger partial charge in [0.25, 0.3) is 0 Å². The van der Waals surface area contributed by atoms with Crippen LogP contribution in [-0.2, 0) is 13.1 Å². The summed E-state index contributed by atoms with van der Waals surface area (Å²) < 4.78 is 4.58. The highest BCUT2D eigenvalue weighted by Gasteiger charge is 1.99. The zero-order chi connectivity index (χ0) is 31.4. The molecule has 45 heavy (non-hydrogen) atoms. The van der Waals surface area contributed by atoms with Gasteiger partial charge in [-0.15, -0.1) is 0 Å². The normalized spacial score (nSPS) is 10.7. The van der Waals surface area contributed by atoms with Gasteiger partial charge in [-0.05, 0) is 12.8 Å². The lowest BCUT2D eigenvalue weighted by Gasteiger charge is -2.02. The summed E-state index contributed by atoms with van der Waals surface area (Å²) in [6.07, 6.45) is 48.8. The van der Waals surface area contributed by atoms with Crippen molar-refractivity contribution in [1.82, 2.24) is 0 Å². The Kier molecular flexibility index (Phi) is 35.9. The van der Waals surface area contributed by atoms with Crippen LogP contribution in [0.5, 0.6) is 0 Å². The minimum absolute atomic E-state index is 0. The first kappa shape index (κ1) is 43.6. The van der Waals surface area contributed by atoms with E-state index in [4.69, 9.17) is 0 Å². The van der Waals surface area contributed by atoms with E-state index in [1.54, 1.807) is 0 Å². The van der Waals surface area contributed by atoms with Crippen LogP contribution in [0.2, 0.25) is 0 Å². The molecular formula is C42H77ClN2.